The van der Waals surface area contributed by atoms with Crippen LogP contribution in [0.15, 0.2) is 41.1 Å². The molecule has 10 heteroatoms. The average molecular weight is 399 g/mol. The second-order valence-corrected chi connectivity index (χ2v) is 5.93. The van der Waals surface area contributed by atoms with Gasteiger partial charge in [-0.05, 0) is 37.3 Å². The van der Waals surface area contributed by atoms with E-state index in [0.717, 1.165) is 6.92 Å². The molecule has 0 amide bonds. The minimum atomic E-state index is -4.49. The molecule has 3 rings (SSSR count). The number of anilines is 1. The van der Waals surface area contributed by atoms with Crippen molar-refractivity contribution >= 4 is 17.4 Å². The van der Waals surface area contributed by atoms with Crippen LogP contribution in [-0.2, 0) is 0 Å². The summed E-state index contributed by atoms with van der Waals surface area (Å²) >= 11 is 6.04. The van der Waals surface area contributed by atoms with Crippen molar-refractivity contribution in [1.29, 1.82) is 0 Å². The monoisotopic (exact) mass is 398 g/mol. The molecular formula is C17H14ClF3N4O2. The fourth-order valence-corrected chi connectivity index (χ4v) is 2.45. The van der Waals surface area contributed by atoms with Crippen molar-refractivity contribution < 1.29 is 22.4 Å². The number of pyridine rings is 1. The zero-order valence-corrected chi connectivity index (χ0v) is 15.0. The maximum Gasteiger partial charge on any atom is 0.425 e. The Kier molecular flexibility index (Phi) is 5.22. The fourth-order valence-electron chi connectivity index (χ4n) is 2.22. The summed E-state index contributed by atoms with van der Waals surface area (Å²) in [5, 5.41) is 6.84. The summed E-state index contributed by atoms with van der Waals surface area (Å²) in [7, 11) is 1.72. The molecule has 1 unspecified atom stereocenters. The number of halogens is 4. The summed E-state index contributed by atoms with van der Waals surface area (Å²) in [4.78, 5) is 8.46. The van der Waals surface area contributed by atoms with Gasteiger partial charge in [0.25, 0.3) is 5.89 Å². The van der Waals surface area contributed by atoms with Crippen molar-refractivity contribution in [2.24, 2.45) is 0 Å². The Hall–Kier alpha value is -2.81. The molecule has 27 heavy (non-hydrogen) atoms. The Morgan fingerprint density at radius 2 is 2.04 bits per heavy atom. The summed E-state index contributed by atoms with van der Waals surface area (Å²) in [5.74, 6) is 0.959. The van der Waals surface area contributed by atoms with Crippen LogP contribution in [0.4, 0.5) is 19.0 Å². The van der Waals surface area contributed by atoms with Gasteiger partial charge in [-0.25, -0.2) is 4.98 Å². The standard InChI is InChI=1S/C17H14ClF3N4O2/c1-9(17(19,20)21)26-13-6-5-10(8-12(13)18)16-24-15(25-27-16)11-4-3-7-23-14(11)22-2/h3-9H,1-2H3,(H,22,23). The highest BCUT2D eigenvalue weighted by molar-refractivity contribution is 6.32. The van der Waals surface area contributed by atoms with Gasteiger partial charge in [0, 0.05) is 18.8 Å². The van der Waals surface area contributed by atoms with Crippen LogP contribution in [-0.4, -0.2) is 34.5 Å². The molecule has 0 saturated carbocycles. The van der Waals surface area contributed by atoms with E-state index in [9.17, 15) is 13.2 Å². The van der Waals surface area contributed by atoms with E-state index < -0.39 is 12.3 Å². The zero-order valence-electron chi connectivity index (χ0n) is 14.2. The van der Waals surface area contributed by atoms with Crippen molar-refractivity contribution in [3.05, 3.63) is 41.6 Å². The average Bonchev–Trinajstić information content (AvgIpc) is 3.12. The SMILES string of the molecule is CNc1ncccc1-c1noc(-c2ccc(OC(C)C(F)(F)F)c(Cl)c2)n1. The molecule has 1 atom stereocenters. The van der Waals surface area contributed by atoms with Gasteiger partial charge in [0.15, 0.2) is 6.10 Å². The minimum Gasteiger partial charge on any atom is -0.480 e. The Morgan fingerprint density at radius 1 is 1.26 bits per heavy atom. The van der Waals surface area contributed by atoms with Crippen LogP contribution in [0.5, 0.6) is 5.75 Å². The first-order valence-corrected chi connectivity index (χ1v) is 8.17. The van der Waals surface area contributed by atoms with Gasteiger partial charge in [0.1, 0.15) is 11.6 Å². The quantitative estimate of drug-likeness (QED) is 0.664. The van der Waals surface area contributed by atoms with E-state index in [1.54, 1.807) is 25.4 Å². The smallest absolute Gasteiger partial charge is 0.425 e. The third kappa shape index (κ3) is 4.13. The second-order valence-electron chi connectivity index (χ2n) is 5.52. The van der Waals surface area contributed by atoms with E-state index in [2.05, 4.69) is 20.4 Å². The van der Waals surface area contributed by atoms with Crippen LogP contribution in [0.25, 0.3) is 22.8 Å². The molecule has 142 valence electrons. The Morgan fingerprint density at radius 3 is 2.70 bits per heavy atom. The van der Waals surface area contributed by atoms with Crippen LogP contribution >= 0.6 is 11.6 Å². The molecule has 0 aliphatic carbocycles. The number of hydrogen-bond donors (Lipinski definition) is 1. The fraction of sp³-hybridized carbons (Fsp3) is 0.235. The molecule has 0 radical (unpaired) electrons. The molecule has 2 heterocycles. The van der Waals surface area contributed by atoms with Gasteiger partial charge in [-0.1, -0.05) is 16.8 Å². The van der Waals surface area contributed by atoms with Crippen molar-refractivity contribution in [2.75, 3.05) is 12.4 Å². The Bertz CT molecular complexity index is 946. The Labute approximate surface area is 157 Å². The lowest BCUT2D eigenvalue weighted by Crippen LogP contribution is -2.31. The first kappa shape index (κ1) is 19.0. The number of hydrogen-bond acceptors (Lipinski definition) is 6. The molecule has 0 saturated heterocycles. The molecule has 3 aromatic rings. The summed E-state index contributed by atoms with van der Waals surface area (Å²) in [6.45, 7) is 0.905. The molecule has 0 bridgehead atoms. The van der Waals surface area contributed by atoms with Gasteiger partial charge in [-0.15, -0.1) is 0 Å². The van der Waals surface area contributed by atoms with E-state index in [-0.39, 0.29) is 16.7 Å². The van der Waals surface area contributed by atoms with E-state index in [4.69, 9.17) is 20.9 Å². The van der Waals surface area contributed by atoms with E-state index in [1.807, 2.05) is 0 Å². The van der Waals surface area contributed by atoms with Gasteiger partial charge in [-0.2, -0.15) is 18.2 Å². The lowest BCUT2D eigenvalue weighted by Gasteiger charge is -2.18. The molecule has 0 aliphatic rings. The maximum absolute atomic E-state index is 12.6. The van der Waals surface area contributed by atoms with Gasteiger partial charge >= 0.3 is 6.18 Å². The molecule has 6 nitrogen and oxygen atoms in total. The number of benzene rings is 1. The van der Waals surface area contributed by atoms with Crippen LogP contribution in [0.2, 0.25) is 5.02 Å². The van der Waals surface area contributed by atoms with E-state index in [1.165, 1.54) is 18.2 Å². The summed E-state index contributed by atoms with van der Waals surface area (Å²) in [6.07, 6.45) is -4.85. The second kappa shape index (κ2) is 7.43. The van der Waals surface area contributed by atoms with Crippen molar-refractivity contribution in [3.63, 3.8) is 0 Å². The topological polar surface area (TPSA) is 73.1 Å². The molecule has 2 aromatic heterocycles. The molecule has 1 aromatic carbocycles. The predicted molar refractivity (Wildman–Crippen MR) is 93.7 cm³/mol. The number of rotatable bonds is 5. The van der Waals surface area contributed by atoms with Crippen LogP contribution in [0.1, 0.15) is 6.92 Å². The molecule has 0 aliphatic heterocycles. The maximum atomic E-state index is 12.6. The highest BCUT2D eigenvalue weighted by atomic mass is 35.5. The zero-order chi connectivity index (χ0) is 19.6. The summed E-state index contributed by atoms with van der Waals surface area (Å²) < 4.78 is 48.0. The largest absolute Gasteiger partial charge is 0.480 e. The molecule has 1 N–H and O–H groups in total. The Balaban J connectivity index is 1.86. The van der Waals surface area contributed by atoms with Crippen LogP contribution < -0.4 is 10.1 Å². The number of nitrogens with one attached hydrogen (secondary N) is 1. The van der Waals surface area contributed by atoms with E-state index >= 15 is 0 Å². The lowest BCUT2D eigenvalue weighted by atomic mass is 10.2. The summed E-state index contributed by atoms with van der Waals surface area (Å²) in [5.41, 5.74) is 1.08. The normalized spacial score (nSPS) is 12.7. The molecular weight excluding hydrogens is 385 g/mol. The third-order valence-corrected chi connectivity index (χ3v) is 3.95. The first-order chi connectivity index (χ1) is 12.8. The number of aromatic nitrogens is 3. The van der Waals surface area contributed by atoms with Gasteiger partial charge in [0.2, 0.25) is 5.82 Å². The predicted octanol–water partition coefficient (Wildman–Crippen LogP) is 4.82. The summed E-state index contributed by atoms with van der Waals surface area (Å²) in [6, 6.07) is 7.73. The molecule has 0 fully saturated rings. The van der Waals surface area contributed by atoms with Gasteiger partial charge in [0.05, 0.1) is 10.6 Å². The number of ether oxygens (including phenoxy) is 1. The van der Waals surface area contributed by atoms with Crippen molar-refractivity contribution in [2.45, 2.75) is 19.2 Å². The highest BCUT2D eigenvalue weighted by Crippen LogP contribution is 2.34. The first-order valence-electron chi connectivity index (χ1n) is 7.79. The van der Waals surface area contributed by atoms with Crippen LogP contribution in [0, 0.1) is 0 Å². The minimum absolute atomic E-state index is 0.000594. The lowest BCUT2D eigenvalue weighted by molar-refractivity contribution is -0.189. The molecule has 0 spiro atoms. The highest BCUT2D eigenvalue weighted by Gasteiger charge is 2.38. The van der Waals surface area contributed by atoms with Crippen molar-refractivity contribution in [1.82, 2.24) is 15.1 Å². The third-order valence-electron chi connectivity index (χ3n) is 3.65. The van der Waals surface area contributed by atoms with Gasteiger partial charge < -0.3 is 14.6 Å². The van der Waals surface area contributed by atoms with E-state index in [0.29, 0.717) is 22.8 Å². The van der Waals surface area contributed by atoms with Gasteiger partial charge in [-0.3, -0.25) is 0 Å². The number of nitrogens with zero attached hydrogens (tertiary/aromatic N) is 3. The number of alkyl halides is 3. The van der Waals surface area contributed by atoms with Crippen LogP contribution in [0.3, 0.4) is 0 Å². The van der Waals surface area contributed by atoms with Crippen molar-refractivity contribution in [3.8, 4) is 28.6 Å².